The number of likely N-dealkylation sites (N-methyl/N-ethyl adjacent to an activating group) is 1. The van der Waals surface area contributed by atoms with Crippen molar-refractivity contribution in [2.45, 2.75) is 57.2 Å². The summed E-state index contributed by atoms with van der Waals surface area (Å²) in [6.45, 7) is 5.87. The van der Waals surface area contributed by atoms with Crippen molar-refractivity contribution in [1.82, 2.24) is 33.6 Å². The van der Waals surface area contributed by atoms with Gasteiger partial charge in [0.25, 0.3) is 0 Å². The first-order valence-electron chi connectivity index (χ1n) is 15.4. The first-order valence-corrected chi connectivity index (χ1v) is 15.9. The van der Waals surface area contributed by atoms with Gasteiger partial charge in [0, 0.05) is 63.1 Å². The number of anilines is 2. The molecule has 7 rings (SSSR count). The summed E-state index contributed by atoms with van der Waals surface area (Å²) in [7, 11) is 3.56. The highest BCUT2D eigenvalue weighted by Gasteiger charge is 2.39. The van der Waals surface area contributed by atoms with Gasteiger partial charge in [-0.3, -0.25) is 0 Å². The number of piperidine rings is 1. The molecule has 10 nitrogen and oxygen atoms in total. The van der Waals surface area contributed by atoms with Crippen molar-refractivity contribution in [1.29, 1.82) is 0 Å². The molecule has 0 N–H and O–H groups in total. The normalized spacial score (nSPS) is 15.9. The van der Waals surface area contributed by atoms with E-state index in [1.54, 1.807) is 24.0 Å². The molecular formula is C32H35ClF3N9O. The molecule has 14 heteroatoms. The van der Waals surface area contributed by atoms with E-state index in [0.717, 1.165) is 29.7 Å². The van der Waals surface area contributed by atoms with E-state index in [1.807, 2.05) is 47.4 Å². The number of halogens is 4. The van der Waals surface area contributed by atoms with Gasteiger partial charge in [-0.05, 0) is 56.9 Å². The Labute approximate surface area is 269 Å². The molecule has 0 atom stereocenters. The van der Waals surface area contributed by atoms with Crippen LogP contribution in [0, 0.1) is 0 Å². The third-order valence-corrected chi connectivity index (χ3v) is 9.57. The molecule has 1 saturated heterocycles. The lowest BCUT2D eigenvalue weighted by molar-refractivity contribution is -0.137. The van der Waals surface area contributed by atoms with Gasteiger partial charge in [0.2, 0.25) is 0 Å². The van der Waals surface area contributed by atoms with E-state index < -0.39 is 11.7 Å². The summed E-state index contributed by atoms with van der Waals surface area (Å²) < 4.78 is 49.3. The Morgan fingerprint density at radius 2 is 1.87 bits per heavy atom. The Morgan fingerprint density at radius 3 is 2.54 bits per heavy atom. The molecular weight excluding hydrogens is 619 g/mol. The standard InChI is InChI=1S/C32H35ClF3N9O/c1-19(2)45(31(46)44-18-37-25(16-33)39-44)21-8-12-42(13-9-21)26-14-20-7-11-40(3)30-27(22-6-5-10-43(26)29(20)22)23(32(34,35)36)15-24-28(30)38-17-41(24)4/h5-6,10,14-15,17-19,21H,7-9,11-13,16H2,1-4H3. The average Bonchev–Trinajstić information content (AvgIpc) is 3.75. The van der Waals surface area contributed by atoms with Crippen LogP contribution in [0.4, 0.5) is 29.5 Å². The van der Waals surface area contributed by atoms with E-state index in [1.165, 1.54) is 17.1 Å². The van der Waals surface area contributed by atoms with Crippen LogP contribution in [0.15, 0.2) is 43.1 Å². The van der Waals surface area contributed by atoms with Gasteiger partial charge in [-0.25, -0.2) is 14.8 Å². The fraction of sp³-hybridized carbons (Fsp3) is 0.438. The van der Waals surface area contributed by atoms with Crippen molar-refractivity contribution in [2.24, 2.45) is 7.05 Å². The van der Waals surface area contributed by atoms with Crippen LogP contribution in [-0.4, -0.2) is 78.4 Å². The highest BCUT2D eigenvalue weighted by molar-refractivity contribution is 6.16. The van der Waals surface area contributed by atoms with Gasteiger partial charge in [-0.15, -0.1) is 16.7 Å². The van der Waals surface area contributed by atoms with Crippen LogP contribution >= 0.6 is 11.6 Å². The molecule has 0 saturated carbocycles. The number of imidazole rings is 1. The molecule has 0 unspecified atom stereocenters. The van der Waals surface area contributed by atoms with E-state index in [4.69, 9.17) is 11.6 Å². The molecule has 1 amide bonds. The highest BCUT2D eigenvalue weighted by atomic mass is 35.5. The number of alkyl halides is 4. The third-order valence-electron chi connectivity index (χ3n) is 9.33. The molecule has 46 heavy (non-hydrogen) atoms. The Balaban J connectivity index is 1.27. The number of rotatable bonds is 4. The SMILES string of the molecule is CC(C)N(C(=O)n1cnc(CCl)n1)C1CCN(c2cc3c4c(cccn24)-c2c(C(F)(F)F)cc4c(ncn4C)c2N(C)CC3)CC1. The Bertz CT molecular complexity index is 1950. The lowest BCUT2D eigenvalue weighted by Gasteiger charge is -2.40. The van der Waals surface area contributed by atoms with Crippen LogP contribution in [0.5, 0.6) is 0 Å². The summed E-state index contributed by atoms with van der Waals surface area (Å²) in [5, 5.41) is 4.22. The van der Waals surface area contributed by atoms with Gasteiger partial charge in [-0.1, -0.05) is 6.07 Å². The maximum absolute atomic E-state index is 14.8. The molecule has 0 aliphatic carbocycles. The molecule has 2 aliphatic rings. The predicted molar refractivity (Wildman–Crippen MR) is 172 cm³/mol. The summed E-state index contributed by atoms with van der Waals surface area (Å²) in [5.74, 6) is 1.46. The topological polar surface area (TPSA) is 79.7 Å². The van der Waals surface area contributed by atoms with Crippen LogP contribution in [0.25, 0.3) is 27.7 Å². The Morgan fingerprint density at radius 1 is 1.11 bits per heavy atom. The number of hydrogen-bond donors (Lipinski definition) is 0. The summed E-state index contributed by atoms with van der Waals surface area (Å²) >= 11 is 5.85. The maximum atomic E-state index is 14.8. The minimum absolute atomic E-state index is 0.00797. The van der Waals surface area contributed by atoms with Crippen LogP contribution in [0.2, 0.25) is 0 Å². The zero-order valence-corrected chi connectivity index (χ0v) is 26.8. The van der Waals surface area contributed by atoms with Crippen LogP contribution < -0.4 is 9.80 Å². The average molecular weight is 654 g/mol. The lowest BCUT2D eigenvalue weighted by Crippen LogP contribution is -2.51. The monoisotopic (exact) mass is 653 g/mol. The molecule has 0 bridgehead atoms. The van der Waals surface area contributed by atoms with Crippen molar-refractivity contribution in [2.75, 3.05) is 36.5 Å². The van der Waals surface area contributed by atoms with Crippen LogP contribution in [0.1, 0.15) is 43.6 Å². The van der Waals surface area contributed by atoms with E-state index in [-0.39, 0.29) is 29.6 Å². The second kappa shape index (κ2) is 11.2. The number of carbonyl (C=O) groups is 1. The minimum Gasteiger partial charge on any atom is -0.372 e. The maximum Gasteiger partial charge on any atom is 0.417 e. The number of pyridine rings is 1. The van der Waals surface area contributed by atoms with E-state index >= 15 is 0 Å². The fourth-order valence-corrected chi connectivity index (χ4v) is 7.34. The molecule has 0 radical (unpaired) electrons. The number of fused-ring (bicyclic) bond motifs is 4. The second-order valence-corrected chi connectivity index (χ2v) is 12.7. The zero-order chi connectivity index (χ0) is 32.5. The molecule has 4 aromatic heterocycles. The smallest absolute Gasteiger partial charge is 0.372 e. The zero-order valence-electron chi connectivity index (χ0n) is 26.1. The Kier molecular flexibility index (Phi) is 7.41. The van der Waals surface area contributed by atoms with Crippen molar-refractivity contribution < 1.29 is 18.0 Å². The number of benzene rings is 1. The molecule has 5 aromatic rings. The first-order chi connectivity index (χ1) is 22.0. The molecule has 6 heterocycles. The quantitative estimate of drug-likeness (QED) is 0.216. The number of aromatic nitrogens is 6. The van der Waals surface area contributed by atoms with Gasteiger partial charge < -0.3 is 23.7 Å². The van der Waals surface area contributed by atoms with E-state index in [2.05, 4.69) is 26.0 Å². The molecule has 0 spiro atoms. The van der Waals surface area contributed by atoms with Gasteiger partial charge in [0.1, 0.15) is 17.7 Å². The lowest BCUT2D eigenvalue weighted by atomic mass is 9.92. The number of amides is 1. The van der Waals surface area contributed by atoms with Crippen molar-refractivity contribution >= 4 is 45.7 Å². The molecule has 1 aromatic carbocycles. The van der Waals surface area contributed by atoms with E-state index in [0.29, 0.717) is 54.2 Å². The summed E-state index contributed by atoms with van der Waals surface area (Å²) in [5.41, 5.74) is 3.32. The van der Waals surface area contributed by atoms with E-state index in [9.17, 15) is 18.0 Å². The Hall–Kier alpha value is -4.26. The highest BCUT2D eigenvalue weighted by Crippen LogP contribution is 2.49. The molecule has 2 aliphatic heterocycles. The number of nitrogens with zero attached hydrogens (tertiary/aromatic N) is 9. The number of carbonyl (C=O) groups excluding carboxylic acids is 1. The van der Waals surface area contributed by atoms with Crippen molar-refractivity contribution in [3.63, 3.8) is 0 Å². The van der Waals surface area contributed by atoms with Crippen LogP contribution in [-0.2, 0) is 25.5 Å². The predicted octanol–water partition coefficient (Wildman–Crippen LogP) is 6.18. The summed E-state index contributed by atoms with van der Waals surface area (Å²) in [6, 6.07) is 6.67. The first kappa shape index (κ1) is 30.4. The largest absolute Gasteiger partial charge is 0.417 e. The third kappa shape index (κ3) is 4.86. The van der Waals surface area contributed by atoms with Crippen LogP contribution in [0.3, 0.4) is 0 Å². The van der Waals surface area contributed by atoms with Gasteiger partial charge >= 0.3 is 12.2 Å². The summed E-state index contributed by atoms with van der Waals surface area (Å²) in [6.07, 6.45) is 2.46. The van der Waals surface area contributed by atoms with Gasteiger partial charge in [-0.2, -0.15) is 17.9 Å². The minimum atomic E-state index is -4.57. The summed E-state index contributed by atoms with van der Waals surface area (Å²) in [4.78, 5) is 28.1. The number of hydrogen-bond acceptors (Lipinski definition) is 6. The number of aryl methyl sites for hydroxylation is 1. The molecule has 242 valence electrons. The van der Waals surface area contributed by atoms with Crippen molar-refractivity contribution in [3.8, 4) is 11.1 Å². The van der Waals surface area contributed by atoms with Crippen molar-refractivity contribution in [3.05, 3.63) is 60.1 Å². The molecule has 1 fully saturated rings. The second-order valence-electron chi connectivity index (χ2n) is 12.4. The van der Waals surface area contributed by atoms with Gasteiger partial charge in [0.05, 0.1) is 34.5 Å². The fourth-order valence-electron chi connectivity index (χ4n) is 7.21. The van der Waals surface area contributed by atoms with Gasteiger partial charge in [0.15, 0.2) is 5.82 Å².